The van der Waals surface area contributed by atoms with Gasteiger partial charge in [0.2, 0.25) is 5.91 Å². The van der Waals surface area contributed by atoms with Crippen molar-refractivity contribution in [1.82, 2.24) is 15.5 Å². The largest absolute Gasteiger partial charge is 0.350 e. The van der Waals surface area contributed by atoms with Crippen LogP contribution in [0.25, 0.3) is 0 Å². The Kier molecular flexibility index (Phi) is 5.61. The van der Waals surface area contributed by atoms with E-state index in [0.717, 1.165) is 38.0 Å². The highest BCUT2D eigenvalue weighted by Crippen LogP contribution is 2.53. The van der Waals surface area contributed by atoms with Crippen LogP contribution in [-0.2, 0) is 17.8 Å². The Labute approximate surface area is 186 Å². The molecule has 3 aliphatic heterocycles. The summed E-state index contributed by atoms with van der Waals surface area (Å²) in [6.07, 6.45) is 1.91. The van der Waals surface area contributed by atoms with Crippen LogP contribution in [-0.4, -0.2) is 42.0 Å². The number of hydrogen-bond donors (Lipinski definition) is 2. The predicted octanol–water partition coefficient (Wildman–Crippen LogP) is 3.48. The van der Waals surface area contributed by atoms with Crippen LogP contribution < -0.4 is 10.6 Å². The summed E-state index contributed by atoms with van der Waals surface area (Å²) in [7, 11) is 0. The van der Waals surface area contributed by atoms with Crippen molar-refractivity contribution in [1.29, 1.82) is 0 Å². The van der Waals surface area contributed by atoms with Gasteiger partial charge in [0.15, 0.2) is 0 Å². The van der Waals surface area contributed by atoms with E-state index >= 15 is 0 Å². The normalized spacial score (nSPS) is 31.8. The minimum Gasteiger partial charge on any atom is -0.350 e. The number of carbonyl (C=O) groups is 1. The van der Waals surface area contributed by atoms with Gasteiger partial charge in [-0.05, 0) is 41.7 Å². The van der Waals surface area contributed by atoms with Gasteiger partial charge < -0.3 is 10.6 Å². The van der Waals surface area contributed by atoms with Crippen molar-refractivity contribution in [3.05, 3.63) is 71.8 Å². The van der Waals surface area contributed by atoms with Crippen molar-refractivity contribution in [2.75, 3.05) is 19.6 Å². The molecule has 0 radical (unpaired) electrons. The van der Waals surface area contributed by atoms with Crippen LogP contribution in [0.5, 0.6) is 0 Å². The Morgan fingerprint density at radius 1 is 1.10 bits per heavy atom. The topological polar surface area (TPSA) is 44.4 Å². The molecule has 6 rings (SSSR count). The number of carbonyl (C=O) groups excluding carboxylic acids is 1. The molecule has 0 spiro atoms. The first kappa shape index (κ1) is 20.7. The van der Waals surface area contributed by atoms with Gasteiger partial charge in [-0.3, -0.25) is 9.69 Å². The molecule has 3 heterocycles. The second-order valence-corrected chi connectivity index (χ2v) is 10.3. The van der Waals surface area contributed by atoms with E-state index in [9.17, 15) is 4.79 Å². The summed E-state index contributed by atoms with van der Waals surface area (Å²) in [6, 6.07) is 21.5. The van der Waals surface area contributed by atoms with E-state index in [2.05, 4.69) is 71.8 Å². The third-order valence-electron chi connectivity index (χ3n) is 7.82. The summed E-state index contributed by atoms with van der Waals surface area (Å²) >= 11 is 0. The lowest BCUT2D eigenvalue weighted by Gasteiger charge is -2.56. The molecule has 0 unspecified atom stereocenters. The highest BCUT2D eigenvalue weighted by molar-refractivity contribution is 5.87. The van der Waals surface area contributed by atoms with E-state index in [1.54, 1.807) is 0 Å². The minimum atomic E-state index is -0.472. The first-order chi connectivity index (χ1) is 15.1. The molecule has 1 saturated carbocycles. The highest BCUT2D eigenvalue weighted by Gasteiger charge is 2.64. The molecular weight excluding hydrogens is 382 g/mol. The zero-order valence-electron chi connectivity index (χ0n) is 18.8. The SMILES string of the molecule is CC(C)CN1C[C@H]2C[C@]3(C(=O)NCc4ccccc4)NC[C@H]2[C@@H]1[C@@H]3Cc1ccccc1. The molecule has 2 N–H and O–H groups in total. The van der Waals surface area contributed by atoms with Crippen molar-refractivity contribution in [3.8, 4) is 0 Å². The minimum absolute atomic E-state index is 0.192. The summed E-state index contributed by atoms with van der Waals surface area (Å²) in [5, 5.41) is 7.08. The third kappa shape index (κ3) is 3.81. The molecule has 4 aliphatic rings. The quantitative estimate of drug-likeness (QED) is 0.725. The lowest BCUT2D eigenvalue weighted by atomic mass is 9.58. The maximum absolute atomic E-state index is 13.8. The van der Waals surface area contributed by atoms with E-state index in [0.29, 0.717) is 36.3 Å². The molecule has 2 aromatic carbocycles. The van der Waals surface area contributed by atoms with Crippen molar-refractivity contribution >= 4 is 5.91 Å². The molecule has 4 nitrogen and oxygen atoms in total. The second kappa shape index (κ2) is 8.40. The maximum Gasteiger partial charge on any atom is 0.240 e. The van der Waals surface area contributed by atoms with Gasteiger partial charge in [0, 0.05) is 38.1 Å². The number of fused-ring (bicyclic) bond motifs is 1. The van der Waals surface area contributed by atoms with E-state index in [-0.39, 0.29) is 5.91 Å². The molecule has 1 amide bonds. The lowest BCUT2D eigenvalue weighted by molar-refractivity contribution is -0.138. The number of hydrogen-bond acceptors (Lipinski definition) is 3. The van der Waals surface area contributed by atoms with Gasteiger partial charge in [0.1, 0.15) is 5.54 Å². The van der Waals surface area contributed by atoms with Gasteiger partial charge in [-0.1, -0.05) is 74.5 Å². The van der Waals surface area contributed by atoms with Gasteiger partial charge in [-0.2, -0.15) is 0 Å². The molecule has 2 aromatic rings. The number of likely N-dealkylation sites (tertiary alicyclic amines) is 1. The molecule has 5 atom stereocenters. The standard InChI is InChI=1S/C27H35N3O/c1-19(2)17-30-18-22-14-27(26(31)28-15-21-11-7-4-8-12-21)24(25(30)23(22)16-29-27)13-20-9-5-3-6-10-20/h3-12,19,22-25,29H,13-18H2,1-2H3,(H,28,31)/t22-,23-,24+,25-,27+/m1/s1. The molecule has 31 heavy (non-hydrogen) atoms. The molecule has 164 valence electrons. The average molecular weight is 418 g/mol. The predicted molar refractivity (Wildman–Crippen MR) is 124 cm³/mol. The first-order valence-electron chi connectivity index (χ1n) is 11.9. The van der Waals surface area contributed by atoms with Crippen LogP contribution in [0.15, 0.2) is 60.7 Å². The first-order valence-corrected chi connectivity index (χ1v) is 11.9. The fourth-order valence-electron chi connectivity index (χ4n) is 6.63. The summed E-state index contributed by atoms with van der Waals surface area (Å²) in [4.78, 5) is 16.5. The Hall–Kier alpha value is -2.17. The fourth-order valence-corrected chi connectivity index (χ4v) is 6.63. The van der Waals surface area contributed by atoms with E-state index in [1.165, 1.54) is 5.56 Å². The van der Waals surface area contributed by atoms with Crippen LogP contribution >= 0.6 is 0 Å². The lowest BCUT2D eigenvalue weighted by Crippen LogP contribution is -2.74. The molecule has 1 aliphatic carbocycles. The van der Waals surface area contributed by atoms with Crippen LogP contribution in [0, 0.1) is 23.7 Å². The van der Waals surface area contributed by atoms with Crippen LogP contribution in [0.4, 0.5) is 0 Å². The smallest absolute Gasteiger partial charge is 0.240 e. The highest BCUT2D eigenvalue weighted by atomic mass is 16.2. The Bertz CT molecular complexity index is 899. The van der Waals surface area contributed by atoms with Crippen LogP contribution in [0.3, 0.4) is 0 Å². The fraction of sp³-hybridized carbons (Fsp3) is 0.519. The Morgan fingerprint density at radius 3 is 2.45 bits per heavy atom. The molecule has 3 saturated heterocycles. The summed E-state index contributed by atoms with van der Waals surface area (Å²) in [5.41, 5.74) is 2.02. The van der Waals surface area contributed by atoms with Crippen LogP contribution in [0.2, 0.25) is 0 Å². The summed E-state index contributed by atoms with van der Waals surface area (Å²) in [6.45, 7) is 8.46. The number of piperidine rings is 2. The van der Waals surface area contributed by atoms with Crippen molar-refractivity contribution in [2.45, 2.75) is 44.8 Å². The third-order valence-corrected chi connectivity index (χ3v) is 7.82. The molecule has 4 bridgehead atoms. The molecule has 4 fully saturated rings. The van der Waals surface area contributed by atoms with Crippen LogP contribution in [0.1, 0.15) is 31.4 Å². The van der Waals surface area contributed by atoms with Gasteiger partial charge in [-0.15, -0.1) is 0 Å². The van der Waals surface area contributed by atoms with Gasteiger partial charge in [0.05, 0.1) is 0 Å². The average Bonchev–Trinajstić information content (AvgIpc) is 3.08. The van der Waals surface area contributed by atoms with E-state index in [4.69, 9.17) is 0 Å². The number of amides is 1. The Morgan fingerprint density at radius 2 is 1.77 bits per heavy atom. The number of benzene rings is 2. The Balaban J connectivity index is 1.44. The number of nitrogens with zero attached hydrogens (tertiary/aromatic N) is 1. The zero-order chi connectivity index (χ0) is 21.4. The summed E-state index contributed by atoms with van der Waals surface area (Å²) in [5.74, 6) is 2.42. The van der Waals surface area contributed by atoms with Crippen molar-refractivity contribution in [2.24, 2.45) is 23.7 Å². The zero-order valence-corrected chi connectivity index (χ0v) is 18.8. The molecule has 4 heteroatoms. The van der Waals surface area contributed by atoms with Gasteiger partial charge >= 0.3 is 0 Å². The van der Waals surface area contributed by atoms with Gasteiger partial charge in [0.25, 0.3) is 0 Å². The van der Waals surface area contributed by atoms with Crippen molar-refractivity contribution in [3.63, 3.8) is 0 Å². The van der Waals surface area contributed by atoms with Gasteiger partial charge in [-0.25, -0.2) is 0 Å². The maximum atomic E-state index is 13.8. The monoisotopic (exact) mass is 417 g/mol. The van der Waals surface area contributed by atoms with E-state index < -0.39 is 5.54 Å². The molecule has 0 aromatic heterocycles. The molecular formula is C27H35N3O. The number of nitrogens with one attached hydrogen (secondary N) is 2. The van der Waals surface area contributed by atoms with E-state index in [1.807, 2.05) is 18.2 Å². The number of rotatable bonds is 7. The van der Waals surface area contributed by atoms with Crippen molar-refractivity contribution < 1.29 is 4.79 Å². The summed E-state index contributed by atoms with van der Waals surface area (Å²) < 4.78 is 0. The second-order valence-electron chi connectivity index (χ2n) is 10.3.